The standard InChI is InChI=1S/C19H21O/c1-3-7-16(8-4-1)15-20-19-13-11-18(12-14-19)17-9-5-2-6-10-17/h1,3-4,7-8,11-14H,2,5-6,9-10,15H2. The quantitative estimate of drug-likeness (QED) is 0.742. The average Bonchev–Trinajstić information content (AvgIpc) is 2.55. The Morgan fingerprint density at radius 2 is 1.45 bits per heavy atom. The summed E-state index contributed by atoms with van der Waals surface area (Å²) in [4.78, 5) is 0. The smallest absolute Gasteiger partial charge is 0.119 e. The molecule has 0 spiro atoms. The molecule has 0 N–H and O–H groups in total. The number of hydrogen-bond donors (Lipinski definition) is 0. The predicted molar refractivity (Wildman–Crippen MR) is 82.6 cm³/mol. The van der Waals surface area contributed by atoms with E-state index in [2.05, 4.69) is 36.4 Å². The summed E-state index contributed by atoms with van der Waals surface area (Å²) in [5, 5.41) is 0. The van der Waals surface area contributed by atoms with Crippen LogP contribution in [0, 0.1) is 5.92 Å². The van der Waals surface area contributed by atoms with Crippen LogP contribution in [0.3, 0.4) is 0 Å². The summed E-state index contributed by atoms with van der Waals surface area (Å²) in [5.74, 6) is 2.57. The van der Waals surface area contributed by atoms with Crippen molar-refractivity contribution in [1.82, 2.24) is 0 Å². The largest absolute Gasteiger partial charge is 0.489 e. The maximum atomic E-state index is 5.83. The molecule has 3 rings (SSSR count). The fraction of sp³-hybridized carbons (Fsp3) is 0.316. The minimum atomic E-state index is 0.636. The normalized spacial score (nSPS) is 16.0. The van der Waals surface area contributed by atoms with Crippen molar-refractivity contribution >= 4 is 0 Å². The number of benzene rings is 2. The second-order valence-corrected chi connectivity index (χ2v) is 5.46. The zero-order valence-corrected chi connectivity index (χ0v) is 11.8. The zero-order valence-electron chi connectivity index (χ0n) is 11.8. The van der Waals surface area contributed by atoms with Crippen molar-refractivity contribution in [2.24, 2.45) is 0 Å². The molecule has 20 heavy (non-hydrogen) atoms. The van der Waals surface area contributed by atoms with Gasteiger partial charge in [-0.25, -0.2) is 0 Å². The molecule has 0 saturated heterocycles. The molecule has 2 aromatic carbocycles. The average molecular weight is 265 g/mol. The van der Waals surface area contributed by atoms with E-state index < -0.39 is 0 Å². The van der Waals surface area contributed by atoms with Crippen LogP contribution in [0.5, 0.6) is 5.75 Å². The van der Waals surface area contributed by atoms with Crippen LogP contribution in [-0.2, 0) is 6.61 Å². The topological polar surface area (TPSA) is 9.23 Å². The maximum absolute atomic E-state index is 5.83. The van der Waals surface area contributed by atoms with Gasteiger partial charge >= 0.3 is 0 Å². The van der Waals surface area contributed by atoms with Crippen LogP contribution in [0.15, 0.2) is 54.6 Å². The Morgan fingerprint density at radius 3 is 2.15 bits per heavy atom. The van der Waals surface area contributed by atoms with Gasteiger partial charge in [-0.3, -0.25) is 0 Å². The van der Waals surface area contributed by atoms with E-state index in [-0.39, 0.29) is 0 Å². The molecule has 0 aromatic heterocycles. The van der Waals surface area contributed by atoms with Gasteiger partial charge in [0.15, 0.2) is 0 Å². The highest BCUT2D eigenvalue weighted by Crippen LogP contribution is 2.32. The molecule has 1 fully saturated rings. The zero-order chi connectivity index (χ0) is 13.6. The van der Waals surface area contributed by atoms with Gasteiger partial charge in [-0.1, -0.05) is 61.7 Å². The predicted octanol–water partition coefficient (Wildman–Crippen LogP) is 5.15. The van der Waals surface area contributed by atoms with Gasteiger partial charge in [0, 0.05) is 5.92 Å². The van der Waals surface area contributed by atoms with Gasteiger partial charge in [-0.2, -0.15) is 0 Å². The minimum absolute atomic E-state index is 0.636. The van der Waals surface area contributed by atoms with Gasteiger partial charge in [0.05, 0.1) is 0 Å². The van der Waals surface area contributed by atoms with Crippen molar-refractivity contribution in [3.05, 3.63) is 71.6 Å². The Kier molecular flexibility index (Phi) is 4.37. The van der Waals surface area contributed by atoms with Crippen molar-refractivity contribution in [3.63, 3.8) is 0 Å². The van der Waals surface area contributed by atoms with E-state index in [4.69, 9.17) is 4.74 Å². The van der Waals surface area contributed by atoms with Crippen LogP contribution in [0.1, 0.15) is 43.2 Å². The van der Waals surface area contributed by atoms with Crippen LogP contribution in [-0.4, -0.2) is 0 Å². The van der Waals surface area contributed by atoms with Crippen LogP contribution >= 0.6 is 0 Å². The van der Waals surface area contributed by atoms with Crippen molar-refractivity contribution < 1.29 is 4.74 Å². The molecule has 1 radical (unpaired) electrons. The molecule has 1 saturated carbocycles. The lowest BCUT2D eigenvalue weighted by molar-refractivity contribution is 0.306. The lowest BCUT2D eigenvalue weighted by atomic mass is 9.84. The number of hydrogen-bond acceptors (Lipinski definition) is 1. The van der Waals surface area contributed by atoms with Crippen LogP contribution in [0.4, 0.5) is 0 Å². The molecule has 0 amide bonds. The Morgan fingerprint density at radius 1 is 0.750 bits per heavy atom. The first kappa shape index (κ1) is 13.2. The third-order valence-electron chi connectivity index (χ3n) is 3.97. The summed E-state index contributed by atoms with van der Waals surface area (Å²) >= 11 is 0. The fourth-order valence-corrected chi connectivity index (χ4v) is 2.79. The van der Waals surface area contributed by atoms with E-state index >= 15 is 0 Å². The maximum Gasteiger partial charge on any atom is 0.119 e. The molecule has 0 unspecified atom stereocenters. The van der Waals surface area contributed by atoms with Crippen molar-refractivity contribution in [2.75, 3.05) is 0 Å². The van der Waals surface area contributed by atoms with E-state index in [9.17, 15) is 0 Å². The number of rotatable bonds is 4. The molecule has 0 bridgehead atoms. The lowest BCUT2D eigenvalue weighted by Gasteiger charge is -2.21. The summed E-state index contributed by atoms with van der Waals surface area (Å²) in [6.07, 6.45) is 6.62. The Balaban J connectivity index is 1.58. The molecule has 103 valence electrons. The second kappa shape index (κ2) is 6.60. The highest BCUT2D eigenvalue weighted by Gasteiger charge is 2.15. The fourth-order valence-electron chi connectivity index (χ4n) is 2.79. The van der Waals surface area contributed by atoms with E-state index in [1.165, 1.54) is 43.2 Å². The van der Waals surface area contributed by atoms with E-state index in [1.54, 1.807) is 5.92 Å². The van der Waals surface area contributed by atoms with E-state index in [0.29, 0.717) is 6.61 Å². The SMILES string of the molecule is c1ccc(COc2ccc([C]3CCCCC3)cc2)cc1. The summed E-state index contributed by atoms with van der Waals surface area (Å²) in [7, 11) is 0. The highest BCUT2D eigenvalue weighted by molar-refractivity contribution is 5.36. The van der Waals surface area contributed by atoms with E-state index in [1.807, 2.05) is 18.2 Å². The summed E-state index contributed by atoms with van der Waals surface area (Å²) in [6.45, 7) is 0.636. The van der Waals surface area contributed by atoms with Gasteiger partial charge in [0.2, 0.25) is 0 Å². The molecular formula is C19H21O. The molecule has 0 atom stereocenters. The first-order chi connectivity index (χ1) is 9.92. The summed E-state index contributed by atoms with van der Waals surface area (Å²) < 4.78 is 5.83. The van der Waals surface area contributed by atoms with Crippen LogP contribution in [0.25, 0.3) is 0 Å². The highest BCUT2D eigenvalue weighted by atomic mass is 16.5. The molecule has 1 heteroatoms. The third-order valence-corrected chi connectivity index (χ3v) is 3.97. The molecule has 1 nitrogen and oxygen atoms in total. The van der Waals surface area contributed by atoms with Crippen LogP contribution < -0.4 is 4.74 Å². The van der Waals surface area contributed by atoms with Crippen molar-refractivity contribution in [1.29, 1.82) is 0 Å². The third kappa shape index (κ3) is 3.41. The Labute approximate surface area is 121 Å². The summed E-state index contributed by atoms with van der Waals surface area (Å²) in [5.41, 5.74) is 2.61. The van der Waals surface area contributed by atoms with Crippen molar-refractivity contribution in [3.8, 4) is 5.75 Å². The van der Waals surface area contributed by atoms with Crippen LogP contribution in [0.2, 0.25) is 0 Å². The Bertz CT molecular complexity index is 509. The molecule has 2 aromatic rings. The monoisotopic (exact) mass is 265 g/mol. The van der Waals surface area contributed by atoms with Gasteiger partial charge < -0.3 is 4.74 Å². The lowest BCUT2D eigenvalue weighted by Crippen LogP contribution is -2.05. The second-order valence-electron chi connectivity index (χ2n) is 5.46. The molecular weight excluding hydrogens is 244 g/mol. The first-order valence-corrected chi connectivity index (χ1v) is 7.54. The van der Waals surface area contributed by atoms with Crippen molar-refractivity contribution in [2.45, 2.75) is 38.7 Å². The van der Waals surface area contributed by atoms with Gasteiger partial charge in [0.1, 0.15) is 12.4 Å². The summed E-state index contributed by atoms with van der Waals surface area (Å²) in [6, 6.07) is 18.9. The molecule has 0 heterocycles. The molecule has 0 aliphatic heterocycles. The number of ether oxygens (including phenoxy) is 1. The Hall–Kier alpha value is -1.76. The van der Waals surface area contributed by atoms with E-state index in [0.717, 1.165) is 5.75 Å². The molecule has 1 aliphatic carbocycles. The van der Waals surface area contributed by atoms with Gasteiger partial charge in [0.25, 0.3) is 0 Å². The van der Waals surface area contributed by atoms with Gasteiger partial charge in [-0.15, -0.1) is 0 Å². The first-order valence-electron chi connectivity index (χ1n) is 7.54. The minimum Gasteiger partial charge on any atom is -0.489 e. The molecule has 1 aliphatic rings. The van der Waals surface area contributed by atoms with Gasteiger partial charge in [-0.05, 0) is 36.1 Å².